The highest BCUT2D eigenvalue weighted by atomic mass is 35.5. The zero-order valence-corrected chi connectivity index (χ0v) is 16.6. The van der Waals surface area contributed by atoms with E-state index >= 15 is 0 Å². The highest BCUT2D eigenvalue weighted by Gasteiger charge is 2.49. The SMILES string of the molecule is N#Cc1cccc(OCC2(C=O)CN(S(=O)(=O)c3ccc(Cl)cc3Cl)C2)c1F. The van der Waals surface area contributed by atoms with Crippen LogP contribution < -0.4 is 4.74 Å². The molecule has 0 amide bonds. The van der Waals surface area contributed by atoms with E-state index in [9.17, 15) is 17.6 Å². The largest absolute Gasteiger partial charge is 0.489 e. The molecule has 0 aromatic heterocycles. The molecule has 1 heterocycles. The number of rotatable bonds is 6. The second kappa shape index (κ2) is 7.68. The van der Waals surface area contributed by atoms with Gasteiger partial charge in [0.1, 0.15) is 23.9 Å². The summed E-state index contributed by atoms with van der Waals surface area (Å²) in [4.78, 5) is 11.4. The van der Waals surface area contributed by atoms with Crippen LogP contribution in [0, 0.1) is 22.6 Å². The monoisotopic (exact) mass is 442 g/mol. The molecule has 10 heteroatoms. The quantitative estimate of drug-likeness (QED) is 0.640. The van der Waals surface area contributed by atoms with E-state index < -0.39 is 21.3 Å². The first-order chi connectivity index (χ1) is 13.2. The zero-order valence-electron chi connectivity index (χ0n) is 14.2. The molecule has 1 saturated heterocycles. The molecule has 2 aromatic carbocycles. The first-order valence-corrected chi connectivity index (χ1v) is 10.1. The van der Waals surface area contributed by atoms with Crippen LogP contribution in [-0.2, 0) is 14.8 Å². The van der Waals surface area contributed by atoms with Gasteiger partial charge in [0.25, 0.3) is 0 Å². The highest BCUT2D eigenvalue weighted by Crippen LogP contribution is 2.37. The highest BCUT2D eigenvalue weighted by molar-refractivity contribution is 7.89. The molecule has 146 valence electrons. The smallest absolute Gasteiger partial charge is 0.244 e. The van der Waals surface area contributed by atoms with Crippen molar-refractivity contribution in [1.29, 1.82) is 5.26 Å². The number of hydrogen-bond acceptors (Lipinski definition) is 5. The molecule has 0 unspecified atom stereocenters. The molecule has 1 aliphatic rings. The minimum Gasteiger partial charge on any atom is -0.489 e. The molecule has 3 rings (SSSR count). The standard InChI is InChI=1S/C18H13Cl2FN2O4S/c19-13-4-5-16(14(20)6-13)28(25,26)23-8-18(9-23,10-24)11-27-15-3-1-2-12(7-22)17(15)21/h1-6,10H,8-9,11H2. The Morgan fingerprint density at radius 1 is 1.29 bits per heavy atom. The molecule has 1 fully saturated rings. The lowest BCUT2D eigenvalue weighted by Gasteiger charge is -2.45. The van der Waals surface area contributed by atoms with Gasteiger partial charge in [-0.05, 0) is 30.3 Å². The Morgan fingerprint density at radius 2 is 2.00 bits per heavy atom. The van der Waals surface area contributed by atoms with Gasteiger partial charge in [-0.3, -0.25) is 0 Å². The van der Waals surface area contributed by atoms with Gasteiger partial charge in [0.05, 0.1) is 16.0 Å². The van der Waals surface area contributed by atoms with E-state index in [-0.39, 0.29) is 40.9 Å². The Hall–Kier alpha value is -2.18. The zero-order chi connectivity index (χ0) is 20.5. The molecular weight excluding hydrogens is 430 g/mol. The third kappa shape index (κ3) is 3.71. The average molecular weight is 443 g/mol. The van der Waals surface area contributed by atoms with Gasteiger partial charge < -0.3 is 9.53 Å². The Balaban J connectivity index is 1.74. The summed E-state index contributed by atoms with van der Waals surface area (Å²) in [7, 11) is -3.92. The lowest BCUT2D eigenvalue weighted by Crippen LogP contribution is -2.61. The van der Waals surface area contributed by atoms with Crippen molar-refractivity contribution in [2.45, 2.75) is 4.90 Å². The van der Waals surface area contributed by atoms with Crippen molar-refractivity contribution >= 4 is 39.5 Å². The van der Waals surface area contributed by atoms with Gasteiger partial charge in [0.15, 0.2) is 11.6 Å². The maximum atomic E-state index is 14.1. The van der Waals surface area contributed by atoms with Crippen LogP contribution in [-0.4, -0.2) is 38.7 Å². The molecule has 0 radical (unpaired) electrons. The lowest BCUT2D eigenvalue weighted by molar-refractivity contribution is -0.124. The number of hydrogen-bond donors (Lipinski definition) is 0. The number of nitrogens with zero attached hydrogens (tertiary/aromatic N) is 2. The number of halogens is 3. The molecule has 0 atom stereocenters. The van der Waals surface area contributed by atoms with Crippen molar-refractivity contribution < 1.29 is 22.3 Å². The van der Waals surface area contributed by atoms with Gasteiger partial charge in [-0.1, -0.05) is 29.3 Å². The maximum absolute atomic E-state index is 14.1. The van der Waals surface area contributed by atoms with E-state index in [0.717, 1.165) is 4.31 Å². The molecule has 0 bridgehead atoms. The fraction of sp³-hybridized carbons (Fsp3) is 0.222. The molecular formula is C18H13Cl2FN2O4S. The van der Waals surface area contributed by atoms with Crippen LogP contribution >= 0.6 is 23.2 Å². The van der Waals surface area contributed by atoms with Crippen LogP contribution in [0.15, 0.2) is 41.3 Å². The van der Waals surface area contributed by atoms with Gasteiger partial charge in [-0.15, -0.1) is 0 Å². The minimum atomic E-state index is -3.92. The predicted octanol–water partition coefficient (Wildman–Crippen LogP) is 3.27. The lowest BCUT2D eigenvalue weighted by atomic mass is 9.84. The van der Waals surface area contributed by atoms with Crippen molar-refractivity contribution in [2.75, 3.05) is 19.7 Å². The Bertz CT molecular complexity index is 1080. The summed E-state index contributed by atoms with van der Waals surface area (Å²) in [6, 6.07) is 9.78. The number of aldehydes is 1. The van der Waals surface area contributed by atoms with Crippen LogP contribution in [0.1, 0.15) is 5.56 Å². The van der Waals surface area contributed by atoms with Crippen LogP contribution in [0.5, 0.6) is 5.75 Å². The summed E-state index contributed by atoms with van der Waals surface area (Å²) in [5.74, 6) is -1.01. The molecule has 28 heavy (non-hydrogen) atoms. The Kier molecular flexibility index (Phi) is 5.64. The van der Waals surface area contributed by atoms with Gasteiger partial charge in [0.2, 0.25) is 10.0 Å². The summed E-state index contributed by atoms with van der Waals surface area (Å²) < 4.78 is 45.9. The summed E-state index contributed by atoms with van der Waals surface area (Å²) in [5, 5.41) is 9.12. The van der Waals surface area contributed by atoms with Crippen LogP contribution in [0.4, 0.5) is 4.39 Å². The number of sulfonamides is 1. The first-order valence-electron chi connectivity index (χ1n) is 7.95. The fourth-order valence-corrected chi connectivity index (χ4v) is 5.16. The Labute approximate surface area is 171 Å². The van der Waals surface area contributed by atoms with E-state index in [1.807, 2.05) is 0 Å². The average Bonchev–Trinajstić information content (AvgIpc) is 2.61. The predicted molar refractivity (Wildman–Crippen MR) is 100 cm³/mol. The molecule has 0 aliphatic carbocycles. The minimum absolute atomic E-state index is 0.0252. The summed E-state index contributed by atoms with van der Waals surface area (Å²) in [5.41, 5.74) is -1.31. The number of nitriles is 1. The van der Waals surface area contributed by atoms with Crippen molar-refractivity contribution in [1.82, 2.24) is 4.31 Å². The number of ether oxygens (including phenoxy) is 1. The van der Waals surface area contributed by atoms with Crippen molar-refractivity contribution in [3.05, 3.63) is 57.8 Å². The number of carbonyl (C=O) groups is 1. The number of benzene rings is 2. The fourth-order valence-electron chi connectivity index (χ4n) is 2.78. The van der Waals surface area contributed by atoms with E-state index in [1.165, 1.54) is 36.4 Å². The van der Waals surface area contributed by atoms with E-state index in [2.05, 4.69) is 0 Å². The molecule has 0 N–H and O–H groups in total. The molecule has 2 aromatic rings. The summed E-state index contributed by atoms with van der Waals surface area (Å²) in [6.07, 6.45) is 0.592. The molecule has 6 nitrogen and oxygen atoms in total. The van der Waals surface area contributed by atoms with Crippen LogP contribution in [0.3, 0.4) is 0 Å². The van der Waals surface area contributed by atoms with Crippen molar-refractivity contribution in [2.24, 2.45) is 5.41 Å². The molecule has 0 spiro atoms. The van der Waals surface area contributed by atoms with Gasteiger partial charge in [-0.25, -0.2) is 12.8 Å². The van der Waals surface area contributed by atoms with Crippen molar-refractivity contribution in [3.63, 3.8) is 0 Å². The second-order valence-electron chi connectivity index (χ2n) is 6.35. The summed E-state index contributed by atoms with van der Waals surface area (Å²) in [6.45, 7) is -0.516. The van der Waals surface area contributed by atoms with E-state index in [4.69, 9.17) is 33.2 Å². The first kappa shape index (κ1) is 20.6. The third-order valence-electron chi connectivity index (χ3n) is 4.34. The van der Waals surface area contributed by atoms with E-state index in [0.29, 0.717) is 11.3 Å². The Morgan fingerprint density at radius 3 is 2.61 bits per heavy atom. The van der Waals surface area contributed by atoms with Gasteiger partial charge in [-0.2, -0.15) is 9.57 Å². The molecule has 0 saturated carbocycles. The van der Waals surface area contributed by atoms with Crippen molar-refractivity contribution in [3.8, 4) is 11.8 Å². The topological polar surface area (TPSA) is 87.5 Å². The van der Waals surface area contributed by atoms with Gasteiger partial charge in [0, 0.05) is 18.1 Å². The van der Waals surface area contributed by atoms with Crippen LogP contribution in [0.25, 0.3) is 0 Å². The van der Waals surface area contributed by atoms with Gasteiger partial charge >= 0.3 is 0 Å². The normalized spacial score (nSPS) is 16.1. The molecule has 1 aliphatic heterocycles. The summed E-state index contributed by atoms with van der Waals surface area (Å²) >= 11 is 11.8. The van der Waals surface area contributed by atoms with Crippen LogP contribution in [0.2, 0.25) is 10.0 Å². The third-order valence-corrected chi connectivity index (χ3v) is 6.85. The van der Waals surface area contributed by atoms with E-state index in [1.54, 1.807) is 6.07 Å². The number of carbonyl (C=O) groups excluding carboxylic acids is 1. The maximum Gasteiger partial charge on any atom is 0.244 e. The second-order valence-corrected chi connectivity index (χ2v) is 9.10.